The van der Waals surface area contributed by atoms with E-state index in [9.17, 15) is 0 Å². The predicted octanol–water partition coefficient (Wildman–Crippen LogP) is 2.84. The highest BCUT2D eigenvalue weighted by atomic mass is 16.5. The number of aliphatic imine (C=N–C) groups is 1. The third-order valence-electron chi connectivity index (χ3n) is 4.42. The number of guanidine groups is 1. The molecule has 134 valence electrons. The first-order chi connectivity index (χ1) is 11.8. The molecular weight excluding hydrogens is 300 g/mol. The molecule has 0 bridgehead atoms. The van der Waals surface area contributed by atoms with Gasteiger partial charge in [-0.15, -0.1) is 0 Å². The molecular formula is C19H32N4O. The minimum absolute atomic E-state index is 0.499. The number of pyridine rings is 1. The monoisotopic (exact) mass is 332 g/mol. The third kappa shape index (κ3) is 7.30. The van der Waals surface area contributed by atoms with Crippen molar-refractivity contribution in [2.75, 3.05) is 26.7 Å². The van der Waals surface area contributed by atoms with Crippen LogP contribution in [0.3, 0.4) is 0 Å². The maximum absolute atomic E-state index is 5.94. The molecule has 0 aliphatic heterocycles. The standard InChI is InChI=1S/C19H32N4O/c1-16-9-10-17(15-23-16)11-13-22-19(20-2)21-12-6-14-24-18-7-4-3-5-8-18/h9-10,15,18H,3-8,11-14H2,1-2H3,(H2,20,21,22). The summed E-state index contributed by atoms with van der Waals surface area (Å²) in [5, 5.41) is 6.69. The maximum Gasteiger partial charge on any atom is 0.190 e. The number of rotatable bonds is 8. The van der Waals surface area contributed by atoms with E-state index in [1.54, 1.807) is 7.05 Å². The highest BCUT2D eigenvalue weighted by molar-refractivity contribution is 5.79. The number of nitrogens with one attached hydrogen (secondary N) is 2. The van der Waals surface area contributed by atoms with Crippen molar-refractivity contribution in [3.05, 3.63) is 29.6 Å². The molecule has 1 aromatic heterocycles. The Hall–Kier alpha value is -1.62. The van der Waals surface area contributed by atoms with Crippen LogP contribution in [0.1, 0.15) is 49.8 Å². The molecule has 0 saturated heterocycles. The van der Waals surface area contributed by atoms with Gasteiger partial charge in [0.2, 0.25) is 0 Å². The van der Waals surface area contributed by atoms with Gasteiger partial charge in [0.25, 0.3) is 0 Å². The number of ether oxygens (including phenoxy) is 1. The van der Waals surface area contributed by atoms with E-state index in [0.717, 1.165) is 44.2 Å². The van der Waals surface area contributed by atoms with Gasteiger partial charge in [-0.2, -0.15) is 0 Å². The Balaban J connectivity index is 1.52. The second kappa shape index (κ2) is 11.0. The Morgan fingerprint density at radius 2 is 2.00 bits per heavy atom. The van der Waals surface area contributed by atoms with Gasteiger partial charge in [-0.1, -0.05) is 25.3 Å². The van der Waals surface area contributed by atoms with Crippen molar-refractivity contribution in [1.29, 1.82) is 0 Å². The Morgan fingerprint density at radius 3 is 2.71 bits per heavy atom. The average molecular weight is 332 g/mol. The second-order valence-electron chi connectivity index (χ2n) is 6.47. The van der Waals surface area contributed by atoms with E-state index >= 15 is 0 Å². The van der Waals surface area contributed by atoms with E-state index in [1.165, 1.54) is 37.7 Å². The summed E-state index contributed by atoms with van der Waals surface area (Å²) in [5.74, 6) is 0.854. The van der Waals surface area contributed by atoms with Crippen LogP contribution in [-0.4, -0.2) is 43.8 Å². The molecule has 1 heterocycles. The van der Waals surface area contributed by atoms with Gasteiger partial charge in [-0.25, -0.2) is 0 Å². The smallest absolute Gasteiger partial charge is 0.190 e. The van der Waals surface area contributed by atoms with Gasteiger partial charge >= 0.3 is 0 Å². The van der Waals surface area contributed by atoms with E-state index in [-0.39, 0.29) is 0 Å². The average Bonchev–Trinajstić information content (AvgIpc) is 2.62. The molecule has 0 spiro atoms. The van der Waals surface area contributed by atoms with Crippen LogP contribution in [0.5, 0.6) is 0 Å². The summed E-state index contributed by atoms with van der Waals surface area (Å²) in [6.45, 7) is 4.58. The lowest BCUT2D eigenvalue weighted by Crippen LogP contribution is -2.39. The Morgan fingerprint density at radius 1 is 1.21 bits per heavy atom. The summed E-state index contributed by atoms with van der Waals surface area (Å²) in [7, 11) is 1.81. The summed E-state index contributed by atoms with van der Waals surface area (Å²) in [6.07, 6.45) is 10.9. The molecule has 1 aromatic rings. The molecule has 0 atom stereocenters. The number of aromatic nitrogens is 1. The van der Waals surface area contributed by atoms with Gasteiger partial charge < -0.3 is 15.4 Å². The summed E-state index contributed by atoms with van der Waals surface area (Å²) >= 11 is 0. The molecule has 2 N–H and O–H groups in total. The minimum atomic E-state index is 0.499. The Kier molecular flexibility index (Phi) is 8.60. The lowest BCUT2D eigenvalue weighted by molar-refractivity contribution is 0.0277. The Labute approximate surface area is 146 Å². The molecule has 0 amide bonds. The second-order valence-corrected chi connectivity index (χ2v) is 6.47. The van der Waals surface area contributed by atoms with Crippen molar-refractivity contribution in [3.8, 4) is 0 Å². The maximum atomic E-state index is 5.94. The molecule has 1 fully saturated rings. The predicted molar refractivity (Wildman–Crippen MR) is 99.5 cm³/mol. The van der Waals surface area contributed by atoms with Crippen molar-refractivity contribution in [1.82, 2.24) is 15.6 Å². The van der Waals surface area contributed by atoms with Crippen LogP contribution in [0.15, 0.2) is 23.3 Å². The van der Waals surface area contributed by atoms with Crippen LogP contribution in [0.4, 0.5) is 0 Å². The van der Waals surface area contributed by atoms with E-state index in [2.05, 4.69) is 32.7 Å². The molecule has 2 rings (SSSR count). The minimum Gasteiger partial charge on any atom is -0.378 e. The normalized spacial score (nSPS) is 16.2. The summed E-state index contributed by atoms with van der Waals surface area (Å²) in [5.41, 5.74) is 2.30. The SMILES string of the molecule is CN=C(NCCCOC1CCCCC1)NCCc1ccc(C)nc1. The van der Waals surface area contributed by atoms with Gasteiger partial charge in [0.05, 0.1) is 6.10 Å². The molecule has 5 nitrogen and oxygen atoms in total. The fourth-order valence-electron chi connectivity index (χ4n) is 2.95. The first kappa shape index (κ1) is 18.7. The van der Waals surface area contributed by atoms with Gasteiger partial charge in [0, 0.05) is 38.6 Å². The number of hydrogen-bond donors (Lipinski definition) is 2. The molecule has 0 unspecified atom stereocenters. The highest BCUT2D eigenvalue weighted by Gasteiger charge is 2.12. The summed E-state index contributed by atoms with van der Waals surface area (Å²) in [4.78, 5) is 8.58. The van der Waals surface area contributed by atoms with E-state index < -0.39 is 0 Å². The van der Waals surface area contributed by atoms with Crippen LogP contribution in [0.25, 0.3) is 0 Å². The fourth-order valence-corrected chi connectivity index (χ4v) is 2.95. The number of nitrogens with zero attached hydrogens (tertiary/aromatic N) is 2. The summed E-state index contributed by atoms with van der Waals surface area (Å²) < 4.78 is 5.94. The topological polar surface area (TPSA) is 58.5 Å². The van der Waals surface area contributed by atoms with Gasteiger partial charge in [0.15, 0.2) is 5.96 Å². The van der Waals surface area contributed by atoms with Crippen molar-refractivity contribution >= 4 is 5.96 Å². The lowest BCUT2D eigenvalue weighted by atomic mass is 9.98. The first-order valence-corrected chi connectivity index (χ1v) is 9.25. The van der Waals surface area contributed by atoms with Crippen LogP contribution in [-0.2, 0) is 11.2 Å². The zero-order valence-corrected chi connectivity index (χ0v) is 15.2. The van der Waals surface area contributed by atoms with Crippen LogP contribution in [0, 0.1) is 6.92 Å². The quantitative estimate of drug-likeness (QED) is 0.437. The largest absolute Gasteiger partial charge is 0.378 e. The molecule has 0 radical (unpaired) electrons. The molecule has 0 aromatic carbocycles. The van der Waals surface area contributed by atoms with Crippen molar-refractivity contribution in [2.45, 2.75) is 58.0 Å². The zero-order valence-electron chi connectivity index (χ0n) is 15.2. The molecule has 1 aliphatic rings. The zero-order chi connectivity index (χ0) is 17.0. The fraction of sp³-hybridized carbons (Fsp3) is 0.684. The van der Waals surface area contributed by atoms with Crippen LogP contribution in [0.2, 0.25) is 0 Å². The number of aryl methyl sites for hydroxylation is 1. The van der Waals surface area contributed by atoms with Gasteiger partial charge in [-0.3, -0.25) is 9.98 Å². The molecule has 24 heavy (non-hydrogen) atoms. The van der Waals surface area contributed by atoms with Crippen LogP contribution >= 0.6 is 0 Å². The van der Waals surface area contributed by atoms with E-state index in [4.69, 9.17) is 4.74 Å². The van der Waals surface area contributed by atoms with E-state index in [1.807, 2.05) is 13.1 Å². The van der Waals surface area contributed by atoms with Crippen molar-refractivity contribution in [2.24, 2.45) is 4.99 Å². The number of hydrogen-bond acceptors (Lipinski definition) is 3. The highest BCUT2D eigenvalue weighted by Crippen LogP contribution is 2.20. The molecule has 5 heteroatoms. The van der Waals surface area contributed by atoms with Crippen molar-refractivity contribution < 1.29 is 4.74 Å². The third-order valence-corrected chi connectivity index (χ3v) is 4.42. The van der Waals surface area contributed by atoms with Gasteiger partial charge in [-0.05, 0) is 44.2 Å². The molecule has 1 saturated carbocycles. The van der Waals surface area contributed by atoms with Gasteiger partial charge in [0.1, 0.15) is 0 Å². The summed E-state index contributed by atoms with van der Waals surface area (Å²) in [6, 6.07) is 4.18. The molecule has 1 aliphatic carbocycles. The van der Waals surface area contributed by atoms with E-state index in [0.29, 0.717) is 6.10 Å². The lowest BCUT2D eigenvalue weighted by Gasteiger charge is -2.22. The van der Waals surface area contributed by atoms with Crippen molar-refractivity contribution in [3.63, 3.8) is 0 Å². The first-order valence-electron chi connectivity index (χ1n) is 9.25. The Bertz CT molecular complexity index is 481. The van der Waals surface area contributed by atoms with Crippen LogP contribution < -0.4 is 10.6 Å².